The molecule has 0 saturated heterocycles. The number of nitrogens with zero attached hydrogens (tertiary/aromatic N) is 2. The summed E-state index contributed by atoms with van der Waals surface area (Å²) in [4.78, 5) is 24.3. The number of para-hydroxylation sites is 2. The third-order valence-electron chi connectivity index (χ3n) is 3.68. The highest BCUT2D eigenvalue weighted by atomic mass is 32.2. The molecule has 0 bridgehead atoms. The van der Waals surface area contributed by atoms with E-state index in [0.717, 1.165) is 12.8 Å². The first-order chi connectivity index (χ1) is 11.6. The Hall–Kier alpha value is -2.22. The maximum Gasteiger partial charge on any atom is 0.344 e. The molecule has 2 N–H and O–H groups in total. The number of hydrogen-bond acceptors (Lipinski definition) is 5. The van der Waals surface area contributed by atoms with Crippen molar-refractivity contribution in [3.8, 4) is 5.75 Å². The number of ether oxygens (including phenoxy) is 1. The van der Waals surface area contributed by atoms with Gasteiger partial charge in [-0.05, 0) is 38.8 Å². The summed E-state index contributed by atoms with van der Waals surface area (Å²) in [7, 11) is 0. The van der Waals surface area contributed by atoms with Gasteiger partial charge in [0, 0.05) is 6.04 Å². The number of benzene rings is 1. The second-order valence-electron chi connectivity index (χ2n) is 5.59. The summed E-state index contributed by atoms with van der Waals surface area (Å²) in [5, 5.41) is 9.54. The third kappa shape index (κ3) is 3.64. The zero-order chi connectivity index (χ0) is 17.1. The van der Waals surface area contributed by atoms with Crippen LogP contribution >= 0.6 is 11.8 Å². The maximum atomic E-state index is 12.5. The van der Waals surface area contributed by atoms with E-state index >= 15 is 0 Å². The summed E-state index contributed by atoms with van der Waals surface area (Å²) in [5.74, 6) is 0.477. The molecule has 1 aromatic carbocycles. The fourth-order valence-corrected chi connectivity index (χ4v) is 3.25. The molecular weight excluding hydrogens is 328 g/mol. The van der Waals surface area contributed by atoms with Crippen LogP contribution in [0, 0.1) is 0 Å². The molecule has 1 saturated carbocycles. The predicted octanol–water partition coefficient (Wildman–Crippen LogP) is 2.42. The quantitative estimate of drug-likeness (QED) is 0.750. The molecule has 1 heterocycles. The second-order valence-corrected chi connectivity index (χ2v) is 6.90. The summed E-state index contributed by atoms with van der Waals surface area (Å²) in [6.45, 7) is 4.21. The summed E-state index contributed by atoms with van der Waals surface area (Å²) >= 11 is 1.27. The molecule has 128 valence electrons. The van der Waals surface area contributed by atoms with Crippen molar-refractivity contribution in [2.24, 2.45) is 0 Å². The van der Waals surface area contributed by atoms with Gasteiger partial charge in [0.25, 0.3) is 0 Å². The molecule has 1 aliphatic carbocycles. The van der Waals surface area contributed by atoms with Gasteiger partial charge in [0.05, 0.1) is 17.5 Å². The maximum absolute atomic E-state index is 12.5. The highest BCUT2D eigenvalue weighted by Gasteiger charge is 2.30. The second kappa shape index (κ2) is 7.12. The fraction of sp³-hybridized carbons (Fsp3) is 0.438. The van der Waals surface area contributed by atoms with E-state index < -0.39 is 5.25 Å². The molecule has 1 amide bonds. The van der Waals surface area contributed by atoms with Crippen LogP contribution in [0.4, 0.5) is 5.69 Å². The van der Waals surface area contributed by atoms with Crippen LogP contribution < -0.4 is 15.7 Å². The average molecular weight is 348 g/mol. The van der Waals surface area contributed by atoms with Crippen LogP contribution in [0.1, 0.15) is 32.7 Å². The van der Waals surface area contributed by atoms with Crippen molar-refractivity contribution in [3.05, 3.63) is 34.7 Å². The third-order valence-corrected chi connectivity index (χ3v) is 4.75. The highest BCUT2D eigenvalue weighted by molar-refractivity contribution is 8.00. The lowest BCUT2D eigenvalue weighted by Crippen LogP contribution is -2.24. The summed E-state index contributed by atoms with van der Waals surface area (Å²) in [6.07, 6.45) is 1.96. The van der Waals surface area contributed by atoms with Crippen LogP contribution in [-0.4, -0.2) is 32.5 Å². The monoisotopic (exact) mass is 348 g/mol. The number of anilines is 1. The lowest BCUT2D eigenvalue weighted by atomic mass is 10.3. The smallest absolute Gasteiger partial charge is 0.344 e. The van der Waals surface area contributed by atoms with E-state index in [2.05, 4.69) is 15.5 Å². The van der Waals surface area contributed by atoms with Crippen molar-refractivity contribution < 1.29 is 9.53 Å². The van der Waals surface area contributed by atoms with E-state index in [1.165, 1.54) is 11.8 Å². The Morgan fingerprint density at radius 2 is 2.25 bits per heavy atom. The van der Waals surface area contributed by atoms with Crippen LogP contribution in [0.25, 0.3) is 0 Å². The van der Waals surface area contributed by atoms with Gasteiger partial charge in [-0.25, -0.2) is 9.89 Å². The van der Waals surface area contributed by atoms with Gasteiger partial charge >= 0.3 is 5.69 Å². The van der Waals surface area contributed by atoms with E-state index in [0.29, 0.717) is 23.2 Å². The lowest BCUT2D eigenvalue weighted by molar-refractivity contribution is -0.115. The topological polar surface area (TPSA) is 89.0 Å². The summed E-state index contributed by atoms with van der Waals surface area (Å²) in [5.41, 5.74) is 0.424. The van der Waals surface area contributed by atoms with Gasteiger partial charge in [-0.3, -0.25) is 9.36 Å². The Balaban J connectivity index is 1.68. The van der Waals surface area contributed by atoms with Gasteiger partial charge in [-0.1, -0.05) is 23.9 Å². The van der Waals surface area contributed by atoms with E-state index in [1.807, 2.05) is 25.1 Å². The first-order valence-electron chi connectivity index (χ1n) is 7.96. The van der Waals surface area contributed by atoms with Gasteiger partial charge < -0.3 is 10.1 Å². The van der Waals surface area contributed by atoms with Crippen molar-refractivity contribution in [2.45, 2.75) is 43.1 Å². The molecule has 0 unspecified atom stereocenters. The van der Waals surface area contributed by atoms with Crippen LogP contribution in [0.2, 0.25) is 0 Å². The minimum Gasteiger partial charge on any atom is -0.492 e. The molecule has 1 fully saturated rings. The van der Waals surface area contributed by atoms with Gasteiger partial charge in [0.1, 0.15) is 5.75 Å². The van der Waals surface area contributed by atoms with Crippen molar-refractivity contribution in [1.82, 2.24) is 14.8 Å². The molecule has 1 aromatic heterocycles. The van der Waals surface area contributed by atoms with Crippen LogP contribution in [0.3, 0.4) is 0 Å². The largest absolute Gasteiger partial charge is 0.492 e. The van der Waals surface area contributed by atoms with Crippen molar-refractivity contribution >= 4 is 23.4 Å². The number of hydrogen-bond donors (Lipinski definition) is 2. The van der Waals surface area contributed by atoms with Crippen LogP contribution in [0.5, 0.6) is 5.75 Å². The predicted molar refractivity (Wildman–Crippen MR) is 92.7 cm³/mol. The Labute approximate surface area is 143 Å². The fourth-order valence-electron chi connectivity index (χ4n) is 2.33. The van der Waals surface area contributed by atoms with Gasteiger partial charge in [0.2, 0.25) is 5.91 Å². The molecule has 3 rings (SSSR count). The number of aromatic nitrogens is 3. The minimum absolute atomic E-state index is 0.162. The highest BCUT2D eigenvalue weighted by Crippen LogP contribution is 2.37. The number of nitrogens with one attached hydrogen (secondary N) is 2. The molecule has 0 aliphatic heterocycles. The molecule has 7 nitrogen and oxygen atoms in total. The van der Waals surface area contributed by atoms with E-state index in [9.17, 15) is 9.59 Å². The summed E-state index contributed by atoms with van der Waals surface area (Å²) in [6, 6.07) is 7.53. The SMILES string of the molecule is CCOc1ccccc1NC(=O)[C@@H](C)Sc1n[nH]c(=O)n1C1CC1. The number of rotatable bonds is 7. The number of carbonyl (C=O) groups excluding carboxylic acids is 1. The number of amides is 1. The van der Waals surface area contributed by atoms with Crippen LogP contribution in [0.15, 0.2) is 34.2 Å². The van der Waals surface area contributed by atoms with Gasteiger partial charge in [-0.15, -0.1) is 5.10 Å². The number of aromatic amines is 1. The van der Waals surface area contributed by atoms with E-state index in [4.69, 9.17) is 4.74 Å². The van der Waals surface area contributed by atoms with Gasteiger partial charge in [0.15, 0.2) is 5.16 Å². The van der Waals surface area contributed by atoms with Crippen molar-refractivity contribution in [2.75, 3.05) is 11.9 Å². The molecule has 1 aliphatic rings. The standard InChI is InChI=1S/C16H20N4O3S/c1-3-23-13-7-5-4-6-12(13)17-14(21)10(2)24-16-19-18-15(22)20(16)11-8-9-11/h4-7,10-11H,3,8-9H2,1-2H3,(H,17,21)(H,18,22)/t10-/m1/s1. The number of thioether (sulfide) groups is 1. The number of carbonyl (C=O) groups is 1. The van der Waals surface area contributed by atoms with E-state index in [-0.39, 0.29) is 17.6 Å². The normalized spacial score (nSPS) is 15.1. The Morgan fingerprint density at radius 1 is 1.50 bits per heavy atom. The van der Waals surface area contributed by atoms with Crippen molar-refractivity contribution in [3.63, 3.8) is 0 Å². The minimum atomic E-state index is -0.396. The van der Waals surface area contributed by atoms with Crippen LogP contribution in [-0.2, 0) is 4.79 Å². The molecule has 0 spiro atoms. The molecule has 24 heavy (non-hydrogen) atoms. The van der Waals surface area contributed by atoms with Gasteiger partial charge in [-0.2, -0.15) is 0 Å². The van der Waals surface area contributed by atoms with E-state index in [1.54, 1.807) is 17.6 Å². The Bertz CT molecular complexity index is 782. The molecule has 8 heteroatoms. The first kappa shape index (κ1) is 16.6. The first-order valence-corrected chi connectivity index (χ1v) is 8.84. The molecule has 1 atom stereocenters. The molecule has 2 aromatic rings. The lowest BCUT2D eigenvalue weighted by Gasteiger charge is -2.14. The Kier molecular flexibility index (Phi) is 4.94. The van der Waals surface area contributed by atoms with Crippen molar-refractivity contribution in [1.29, 1.82) is 0 Å². The molecular formula is C16H20N4O3S. The zero-order valence-electron chi connectivity index (χ0n) is 13.6. The summed E-state index contributed by atoms with van der Waals surface area (Å²) < 4.78 is 7.16. The Morgan fingerprint density at radius 3 is 2.96 bits per heavy atom. The zero-order valence-corrected chi connectivity index (χ0v) is 14.4. The molecule has 0 radical (unpaired) electrons. The average Bonchev–Trinajstić information content (AvgIpc) is 3.33. The number of H-pyrrole nitrogens is 1.